The molecule has 0 spiro atoms. The second-order valence-electron chi connectivity index (χ2n) is 5.79. The van der Waals surface area contributed by atoms with E-state index in [2.05, 4.69) is 20.4 Å². The number of nitrogens with zero attached hydrogens (tertiary/aromatic N) is 4. The van der Waals surface area contributed by atoms with Gasteiger partial charge in [-0.05, 0) is 24.3 Å². The van der Waals surface area contributed by atoms with Crippen molar-refractivity contribution in [3.63, 3.8) is 0 Å². The average molecular weight is 446 g/mol. The normalized spacial score (nSPS) is 10.7. The maximum Gasteiger partial charge on any atom is 0.264 e. The third kappa shape index (κ3) is 4.56. The van der Waals surface area contributed by atoms with E-state index in [1.54, 1.807) is 41.3 Å². The number of carbonyl (C=O) groups excluding carboxylic acids is 1. The molecule has 1 N–H and O–H groups in total. The van der Waals surface area contributed by atoms with Gasteiger partial charge in [0, 0.05) is 5.56 Å². The van der Waals surface area contributed by atoms with Gasteiger partial charge < -0.3 is 4.74 Å². The molecule has 0 fully saturated rings. The summed E-state index contributed by atoms with van der Waals surface area (Å²) >= 11 is 13.4. The number of amides is 1. The number of aromatic nitrogens is 4. The molecule has 2 aromatic carbocycles. The molecule has 0 bridgehead atoms. The Morgan fingerprint density at radius 1 is 1.14 bits per heavy atom. The maximum atomic E-state index is 12.3. The van der Waals surface area contributed by atoms with Crippen LogP contribution in [0.1, 0.15) is 0 Å². The molecule has 0 aliphatic heterocycles. The fourth-order valence-electron chi connectivity index (χ4n) is 2.49. The Morgan fingerprint density at radius 3 is 2.69 bits per heavy atom. The fraction of sp³-hybridized carbons (Fsp3) is 0.0526. The van der Waals surface area contributed by atoms with Gasteiger partial charge in [-0.25, -0.2) is 14.6 Å². The molecule has 2 heterocycles. The number of thiazole rings is 1. The van der Waals surface area contributed by atoms with E-state index >= 15 is 0 Å². The minimum Gasteiger partial charge on any atom is -0.484 e. The number of para-hydroxylation sites is 1. The molecule has 0 saturated heterocycles. The van der Waals surface area contributed by atoms with Crippen LogP contribution in [0.4, 0.5) is 5.13 Å². The third-order valence-corrected chi connectivity index (χ3v) is 5.49. The molecule has 0 unspecified atom stereocenters. The van der Waals surface area contributed by atoms with Gasteiger partial charge >= 0.3 is 0 Å². The van der Waals surface area contributed by atoms with E-state index in [9.17, 15) is 4.79 Å². The Bertz CT molecular complexity index is 1130. The van der Waals surface area contributed by atoms with Crippen LogP contribution in [0, 0.1) is 0 Å². The Kier molecular flexibility index (Phi) is 5.75. The second-order valence-corrected chi connectivity index (χ2v) is 7.58. The standard InChI is InChI=1S/C19H13Cl2N5O2S/c20-14-7-6-12(8-15(14)21)17-18(26-11-22-10-23-26)29-19(25-17)24-16(27)9-28-13-4-2-1-3-5-13/h1-8,10-11H,9H2,(H,24,25,27). The summed E-state index contributed by atoms with van der Waals surface area (Å²) in [6.07, 6.45) is 2.98. The van der Waals surface area contributed by atoms with Gasteiger partial charge in [0.25, 0.3) is 5.91 Å². The van der Waals surface area contributed by atoms with Gasteiger partial charge in [-0.1, -0.05) is 58.8 Å². The SMILES string of the molecule is O=C(COc1ccccc1)Nc1nc(-c2ccc(Cl)c(Cl)c2)c(-n2cncn2)s1. The van der Waals surface area contributed by atoms with Crippen LogP contribution in [0.15, 0.2) is 61.2 Å². The van der Waals surface area contributed by atoms with E-state index in [1.165, 1.54) is 17.7 Å². The summed E-state index contributed by atoms with van der Waals surface area (Å²) in [7, 11) is 0. The zero-order valence-electron chi connectivity index (χ0n) is 14.8. The largest absolute Gasteiger partial charge is 0.484 e. The highest BCUT2D eigenvalue weighted by Crippen LogP contribution is 2.36. The zero-order valence-corrected chi connectivity index (χ0v) is 17.1. The van der Waals surface area contributed by atoms with Crippen molar-refractivity contribution in [1.29, 1.82) is 0 Å². The molecule has 10 heteroatoms. The molecule has 146 valence electrons. The number of halogens is 2. The van der Waals surface area contributed by atoms with Crippen molar-refractivity contribution in [2.45, 2.75) is 0 Å². The molecule has 1 amide bonds. The number of rotatable bonds is 6. The van der Waals surface area contributed by atoms with Crippen LogP contribution in [0.3, 0.4) is 0 Å². The topological polar surface area (TPSA) is 81.9 Å². The summed E-state index contributed by atoms with van der Waals surface area (Å²) < 4.78 is 7.04. The van der Waals surface area contributed by atoms with Gasteiger partial charge in [0.1, 0.15) is 29.1 Å². The van der Waals surface area contributed by atoms with Crippen LogP contribution in [0.2, 0.25) is 10.0 Å². The first kappa shape index (κ1) is 19.4. The maximum absolute atomic E-state index is 12.3. The van der Waals surface area contributed by atoms with Crippen molar-refractivity contribution in [1.82, 2.24) is 19.7 Å². The van der Waals surface area contributed by atoms with Crippen molar-refractivity contribution >= 4 is 45.6 Å². The Balaban J connectivity index is 1.58. The van der Waals surface area contributed by atoms with E-state index in [4.69, 9.17) is 27.9 Å². The summed E-state index contributed by atoms with van der Waals surface area (Å²) in [6, 6.07) is 14.3. The van der Waals surface area contributed by atoms with Crippen molar-refractivity contribution < 1.29 is 9.53 Å². The first-order chi connectivity index (χ1) is 14.1. The van der Waals surface area contributed by atoms with E-state index in [0.29, 0.717) is 31.6 Å². The van der Waals surface area contributed by atoms with Crippen molar-refractivity contribution in [2.24, 2.45) is 0 Å². The highest BCUT2D eigenvalue weighted by atomic mass is 35.5. The van der Waals surface area contributed by atoms with Gasteiger partial charge in [-0.3, -0.25) is 10.1 Å². The van der Waals surface area contributed by atoms with Crippen LogP contribution < -0.4 is 10.1 Å². The molecule has 2 aromatic heterocycles. The van der Waals surface area contributed by atoms with Crippen LogP contribution in [0.25, 0.3) is 16.3 Å². The van der Waals surface area contributed by atoms with E-state index in [-0.39, 0.29) is 12.5 Å². The molecule has 0 aliphatic rings. The number of ether oxygens (including phenoxy) is 1. The third-order valence-electron chi connectivity index (χ3n) is 3.79. The van der Waals surface area contributed by atoms with E-state index in [0.717, 1.165) is 5.56 Å². The zero-order chi connectivity index (χ0) is 20.2. The van der Waals surface area contributed by atoms with Crippen LogP contribution in [-0.2, 0) is 4.79 Å². The highest BCUT2D eigenvalue weighted by Gasteiger charge is 2.18. The molecule has 0 atom stereocenters. The summed E-state index contributed by atoms with van der Waals surface area (Å²) in [4.78, 5) is 20.8. The monoisotopic (exact) mass is 445 g/mol. The summed E-state index contributed by atoms with van der Waals surface area (Å²) in [5.74, 6) is 0.287. The van der Waals surface area contributed by atoms with Crippen molar-refractivity contribution in [3.05, 3.63) is 71.2 Å². The van der Waals surface area contributed by atoms with E-state index in [1.807, 2.05) is 18.2 Å². The quantitative estimate of drug-likeness (QED) is 0.464. The molecular weight excluding hydrogens is 433 g/mol. The van der Waals surface area contributed by atoms with Crippen molar-refractivity contribution in [3.8, 4) is 22.0 Å². The smallest absolute Gasteiger partial charge is 0.264 e. The van der Waals surface area contributed by atoms with Crippen molar-refractivity contribution in [2.75, 3.05) is 11.9 Å². The van der Waals surface area contributed by atoms with Gasteiger partial charge in [0.15, 0.2) is 11.7 Å². The van der Waals surface area contributed by atoms with Gasteiger partial charge in [-0.2, -0.15) is 5.10 Å². The minimum absolute atomic E-state index is 0.135. The summed E-state index contributed by atoms with van der Waals surface area (Å²) in [5.41, 5.74) is 1.33. The molecular formula is C19H13Cl2N5O2S. The number of benzene rings is 2. The van der Waals surface area contributed by atoms with Gasteiger partial charge in [0.05, 0.1) is 10.0 Å². The molecule has 4 rings (SSSR count). The predicted octanol–water partition coefficient (Wildman–Crippen LogP) is 4.72. The van der Waals surface area contributed by atoms with Crippen LogP contribution in [-0.4, -0.2) is 32.3 Å². The summed E-state index contributed by atoms with van der Waals surface area (Å²) in [6.45, 7) is -0.135. The number of nitrogens with one attached hydrogen (secondary N) is 1. The Labute approximate surface area is 179 Å². The molecule has 0 radical (unpaired) electrons. The van der Waals surface area contributed by atoms with Gasteiger partial charge in [-0.15, -0.1) is 0 Å². The fourth-order valence-corrected chi connectivity index (χ4v) is 3.72. The Morgan fingerprint density at radius 2 is 1.97 bits per heavy atom. The number of hydrogen-bond donors (Lipinski definition) is 1. The van der Waals surface area contributed by atoms with Crippen LogP contribution in [0.5, 0.6) is 5.75 Å². The second kappa shape index (κ2) is 8.60. The van der Waals surface area contributed by atoms with Gasteiger partial charge in [0.2, 0.25) is 0 Å². The lowest BCUT2D eigenvalue weighted by Gasteiger charge is -2.05. The average Bonchev–Trinajstić information content (AvgIpc) is 3.39. The first-order valence-corrected chi connectivity index (χ1v) is 9.96. The molecule has 29 heavy (non-hydrogen) atoms. The molecule has 4 aromatic rings. The number of anilines is 1. The minimum atomic E-state index is -0.326. The van der Waals surface area contributed by atoms with E-state index < -0.39 is 0 Å². The highest BCUT2D eigenvalue weighted by molar-refractivity contribution is 7.18. The predicted molar refractivity (Wildman–Crippen MR) is 113 cm³/mol. The summed E-state index contributed by atoms with van der Waals surface area (Å²) in [5, 5.41) is 8.85. The lowest BCUT2D eigenvalue weighted by Crippen LogP contribution is -2.20. The number of carbonyl (C=O) groups is 1. The molecule has 0 saturated carbocycles. The number of hydrogen-bond acceptors (Lipinski definition) is 6. The lowest BCUT2D eigenvalue weighted by molar-refractivity contribution is -0.118. The lowest BCUT2D eigenvalue weighted by atomic mass is 10.1. The first-order valence-electron chi connectivity index (χ1n) is 8.39. The molecule has 7 nitrogen and oxygen atoms in total. The van der Waals surface area contributed by atoms with Crippen LogP contribution >= 0.6 is 34.5 Å². The molecule has 0 aliphatic carbocycles. The Hall–Kier alpha value is -2.94.